The second-order valence-corrected chi connectivity index (χ2v) is 8.24. The Hall–Kier alpha value is -3.17. The minimum Gasteiger partial charge on any atom is -0.310 e. The maximum absolute atomic E-state index is 12.6. The molecule has 158 valence electrons. The van der Waals surface area contributed by atoms with Crippen LogP contribution in [0.15, 0.2) is 59.9 Å². The van der Waals surface area contributed by atoms with Crippen LogP contribution in [0.5, 0.6) is 0 Å². The standard InChI is InChI=1S/C21H20ClN7OS/c1-14-6-5-9-18(15(14)2)29-21(25-26-27-29)31-13-20(30)24-19-10-11-23-28(19)12-16-7-3-4-8-17(16)22/h3-11H,12-13H2,1-2H3,(H,24,30). The Morgan fingerprint density at radius 3 is 2.81 bits per heavy atom. The molecule has 8 nitrogen and oxygen atoms in total. The Balaban J connectivity index is 1.42. The smallest absolute Gasteiger partial charge is 0.235 e. The number of benzene rings is 2. The summed E-state index contributed by atoms with van der Waals surface area (Å²) in [5.41, 5.74) is 4.05. The van der Waals surface area contributed by atoms with Gasteiger partial charge in [0.2, 0.25) is 11.1 Å². The van der Waals surface area contributed by atoms with Crippen LogP contribution in [0.1, 0.15) is 16.7 Å². The normalized spacial score (nSPS) is 10.9. The lowest BCUT2D eigenvalue weighted by Crippen LogP contribution is -2.18. The molecule has 0 fully saturated rings. The third kappa shape index (κ3) is 4.78. The fourth-order valence-corrected chi connectivity index (χ4v) is 3.93. The van der Waals surface area contributed by atoms with Crippen molar-refractivity contribution < 1.29 is 4.79 Å². The van der Waals surface area contributed by atoms with Crippen LogP contribution in [0.25, 0.3) is 5.69 Å². The molecule has 31 heavy (non-hydrogen) atoms. The lowest BCUT2D eigenvalue weighted by Gasteiger charge is -2.11. The maximum atomic E-state index is 12.6. The summed E-state index contributed by atoms with van der Waals surface area (Å²) < 4.78 is 3.35. The third-order valence-electron chi connectivity index (χ3n) is 4.84. The van der Waals surface area contributed by atoms with Crippen molar-refractivity contribution in [1.29, 1.82) is 0 Å². The van der Waals surface area contributed by atoms with Crippen LogP contribution >= 0.6 is 23.4 Å². The second-order valence-electron chi connectivity index (χ2n) is 6.89. The highest BCUT2D eigenvalue weighted by molar-refractivity contribution is 7.99. The molecule has 2 aromatic carbocycles. The molecule has 0 atom stereocenters. The van der Waals surface area contributed by atoms with Crippen molar-refractivity contribution in [3.63, 3.8) is 0 Å². The van der Waals surface area contributed by atoms with Crippen molar-refractivity contribution in [3.8, 4) is 5.69 Å². The molecule has 0 bridgehead atoms. The minimum atomic E-state index is -0.179. The van der Waals surface area contributed by atoms with Crippen molar-refractivity contribution in [3.05, 3.63) is 76.4 Å². The van der Waals surface area contributed by atoms with E-state index < -0.39 is 0 Å². The highest BCUT2D eigenvalue weighted by Gasteiger charge is 2.15. The summed E-state index contributed by atoms with van der Waals surface area (Å²) in [4.78, 5) is 12.6. The number of amides is 1. The summed E-state index contributed by atoms with van der Waals surface area (Å²) in [7, 11) is 0. The molecule has 0 aliphatic rings. The molecule has 1 N–H and O–H groups in total. The van der Waals surface area contributed by atoms with Gasteiger partial charge in [-0.15, -0.1) is 5.10 Å². The zero-order chi connectivity index (χ0) is 21.8. The van der Waals surface area contributed by atoms with Gasteiger partial charge >= 0.3 is 0 Å². The van der Waals surface area contributed by atoms with Gasteiger partial charge in [0, 0.05) is 11.1 Å². The first-order valence-corrected chi connectivity index (χ1v) is 10.9. The van der Waals surface area contributed by atoms with E-state index in [2.05, 4.69) is 25.9 Å². The molecule has 4 rings (SSSR count). The van der Waals surface area contributed by atoms with Crippen molar-refractivity contribution >= 4 is 35.1 Å². The SMILES string of the molecule is Cc1cccc(-n2nnnc2SCC(=O)Nc2ccnn2Cc2ccccc2Cl)c1C. The molecular weight excluding hydrogens is 434 g/mol. The number of nitrogens with one attached hydrogen (secondary N) is 1. The predicted molar refractivity (Wildman–Crippen MR) is 121 cm³/mol. The molecule has 2 aromatic heterocycles. The topological polar surface area (TPSA) is 90.5 Å². The van der Waals surface area contributed by atoms with Crippen LogP contribution in [0.2, 0.25) is 5.02 Å². The number of carbonyl (C=O) groups is 1. The summed E-state index contributed by atoms with van der Waals surface area (Å²) in [6.45, 7) is 4.52. The largest absolute Gasteiger partial charge is 0.310 e. The first kappa shape index (κ1) is 21.1. The van der Waals surface area contributed by atoms with Crippen molar-refractivity contribution in [2.75, 3.05) is 11.1 Å². The average molecular weight is 454 g/mol. The van der Waals surface area contributed by atoms with E-state index in [1.54, 1.807) is 21.6 Å². The second kappa shape index (κ2) is 9.32. The van der Waals surface area contributed by atoms with Gasteiger partial charge in [0.25, 0.3) is 0 Å². The van der Waals surface area contributed by atoms with Gasteiger partial charge in [0.1, 0.15) is 5.82 Å². The number of carbonyl (C=O) groups excluding carboxylic acids is 1. The van der Waals surface area contributed by atoms with Crippen molar-refractivity contribution in [1.82, 2.24) is 30.0 Å². The molecule has 10 heteroatoms. The molecule has 0 aliphatic carbocycles. The molecule has 0 saturated carbocycles. The summed E-state index contributed by atoms with van der Waals surface area (Å²) >= 11 is 7.51. The number of hydrogen-bond donors (Lipinski definition) is 1. The first-order chi connectivity index (χ1) is 15.0. The zero-order valence-corrected chi connectivity index (χ0v) is 18.6. The number of aromatic nitrogens is 6. The Kier molecular flexibility index (Phi) is 6.34. The molecule has 0 radical (unpaired) electrons. The van der Waals surface area contributed by atoms with E-state index in [0.717, 1.165) is 22.4 Å². The maximum Gasteiger partial charge on any atom is 0.235 e. The number of halogens is 1. The molecule has 1 amide bonds. The van der Waals surface area contributed by atoms with Crippen molar-refractivity contribution in [2.45, 2.75) is 25.5 Å². The zero-order valence-electron chi connectivity index (χ0n) is 17.0. The highest BCUT2D eigenvalue weighted by Crippen LogP contribution is 2.23. The Bertz CT molecular complexity index is 1220. The van der Waals surface area contributed by atoms with Crippen LogP contribution < -0.4 is 5.32 Å². The van der Waals surface area contributed by atoms with Gasteiger partial charge in [-0.25, -0.2) is 4.68 Å². The van der Waals surface area contributed by atoms with E-state index in [1.165, 1.54) is 11.8 Å². The summed E-state index contributed by atoms with van der Waals surface area (Å²) in [6.07, 6.45) is 1.64. The summed E-state index contributed by atoms with van der Waals surface area (Å²) in [6, 6.07) is 15.2. The number of rotatable bonds is 7. The van der Waals surface area contributed by atoms with Crippen LogP contribution in [-0.4, -0.2) is 41.6 Å². The van der Waals surface area contributed by atoms with Crippen LogP contribution in [0.3, 0.4) is 0 Å². The highest BCUT2D eigenvalue weighted by atomic mass is 35.5. The lowest BCUT2D eigenvalue weighted by molar-refractivity contribution is -0.113. The molecule has 0 spiro atoms. The van der Waals surface area contributed by atoms with Crippen LogP contribution in [0.4, 0.5) is 5.82 Å². The Labute approximate surface area is 188 Å². The van der Waals surface area contributed by atoms with E-state index in [9.17, 15) is 4.79 Å². The monoisotopic (exact) mass is 453 g/mol. The summed E-state index contributed by atoms with van der Waals surface area (Å²) in [5.74, 6) is 0.573. The van der Waals surface area contributed by atoms with Gasteiger partial charge in [-0.2, -0.15) is 9.78 Å². The molecule has 2 heterocycles. The number of thioether (sulfide) groups is 1. The number of hydrogen-bond acceptors (Lipinski definition) is 6. The molecular formula is C21H20ClN7OS. The third-order valence-corrected chi connectivity index (χ3v) is 6.13. The molecule has 0 saturated heterocycles. The minimum absolute atomic E-state index is 0.155. The van der Waals surface area contributed by atoms with E-state index in [-0.39, 0.29) is 11.7 Å². The average Bonchev–Trinajstić information content (AvgIpc) is 3.40. The van der Waals surface area contributed by atoms with Crippen LogP contribution in [0, 0.1) is 13.8 Å². The van der Waals surface area contributed by atoms with Gasteiger partial charge in [-0.1, -0.05) is 53.7 Å². The van der Waals surface area contributed by atoms with E-state index >= 15 is 0 Å². The van der Waals surface area contributed by atoms with Crippen LogP contribution in [-0.2, 0) is 11.3 Å². The molecule has 4 aromatic rings. The van der Waals surface area contributed by atoms with Gasteiger partial charge in [0.05, 0.1) is 24.2 Å². The van der Waals surface area contributed by atoms with E-state index in [0.29, 0.717) is 22.5 Å². The quantitative estimate of drug-likeness (QED) is 0.427. The van der Waals surface area contributed by atoms with Gasteiger partial charge in [-0.3, -0.25) is 4.79 Å². The fraction of sp³-hybridized carbons (Fsp3) is 0.190. The van der Waals surface area contributed by atoms with Crippen molar-refractivity contribution in [2.24, 2.45) is 0 Å². The van der Waals surface area contributed by atoms with Gasteiger partial charge in [0.15, 0.2) is 0 Å². The van der Waals surface area contributed by atoms with E-state index in [1.807, 2.05) is 56.3 Å². The molecule has 0 unspecified atom stereocenters. The number of aryl methyl sites for hydroxylation is 1. The predicted octanol–water partition coefficient (Wildman–Crippen LogP) is 3.91. The number of tetrazole rings is 1. The summed E-state index contributed by atoms with van der Waals surface area (Å²) in [5, 5.41) is 20.3. The lowest BCUT2D eigenvalue weighted by atomic mass is 10.1. The number of nitrogens with zero attached hydrogens (tertiary/aromatic N) is 6. The number of anilines is 1. The Morgan fingerprint density at radius 2 is 1.97 bits per heavy atom. The van der Waals surface area contributed by atoms with Gasteiger partial charge < -0.3 is 5.32 Å². The van der Waals surface area contributed by atoms with Gasteiger partial charge in [-0.05, 0) is 53.1 Å². The van der Waals surface area contributed by atoms with E-state index in [4.69, 9.17) is 11.6 Å². The Morgan fingerprint density at radius 1 is 1.13 bits per heavy atom. The fourth-order valence-electron chi connectivity index (χ4n) is 3.05. The first-order valence-electron chi connectivity index (χ1n) is 9.56. The molecule has 0 aliphatic heterocycles.